The van der Waals surface area contributed by atoms with E-state index in [4.69, 9.17) is 23.7 Å². The number of amides is 1. The van der Waals surface area contributed by atoms with Crippen molar-refractivity contribution in [3.63, 3.8) is 0 Å². The number of nitrogens with one attached hydrogen (secondary N) is 1. The molecule has 0 saturated heterocycles. The molecular formula is C21H33NO7. The van der Waals surface area contributed by atoms with Gasteiger partial charge in [0.25, 0.3) is 0 Å². The van der Waals surface area contributed by atoms with Gasteiger partial charge in [-0.3, -0.25) is 4.79 Å². The third-order valence-electron chi connectivity index (χ3n) is 3.34. The summed E-state index contributed by atoms with van der Waals surface area (Å²) < 4.78 is 26.3. The van der Waals surface area contributed by atoms with Crippen LogP contribution in [0.25, 0.3) is 0 Å². The molecule has 0 atom stereocenters. The summed E-state index contributed by atoms with van der Waals surface area (Å²) in [6, 6.07) is 9.47. The van der Waals surface area contributed by atoms with E-state index in [1.807, 2.05) is 51.1 Å². The molecule has 1 N–H and O–H groups in total. The maximum atomic E-state index is 11.5. The summed E-state index contributed by atoms with van der Waals surface area (Å²) in [5.74, 6) is -0.274. The molecule has 0 saturated carbocycles. The number of hydrogen-bond acceptors (Lipinski definition) is 7. The number of hydrogen-bond donors (Lipinski definition) is 1. The molecule has 0 bridgehead atoms. The van der Waals surface area contributed by atoms with Gasteiger partial charge < -0.3 is 29.0 Å². The third-order valence-corrected chi connectivity index (χ3v) is 3.34. The molecule has 1 aromatic rings. The van der Waals surface area contributed by atoms with Crippen molar-refractivity contribution in [3.05, 3.63) is 35.9 Å². The number of ether oxygens (including phenoxy) is 5. The summed E-state index contributed by atoms with van der Waals surface area (Å²) in [6.45, 7) is 8.42. The van der Waals surface area contributed by atoms with E-state index in [1.165, 1.54) is 0 Å². The normalized spacial score (nSPS) is 11.1. The molecule has 0 unspecified atom stereocenters. The highest BCUT2D eigenvalue weighted by Gasteiger charge is 2.15. The van der Waals surface area contributed by atoms with Crippen LogP contribution in [0, 0.1) is 0 Å². The topological polar surface area (TPSA) is 92.3 Å². The highest BCUT2D eigenvalue weighted by atomic mass is 16.6. The predicted molar refractivity (Wildman–Crippen MR) is 108 cm³/mol. The van der Waals surface area contributed by atoms with E-state index in [-0.39, 0.29) is 19.0 Å². The Morgan fingerprint density at radius 3 is 2.07 bits per heavy atom. The second-order valence-electron chi connectivity index (χ2n) is 7.16. The summed E-state index contributed by atoms with van der Waals surface area (Å²) >= 11 is 0. The predicted octanol–water partition coefficient (Wildman–Crippen LogP) is 2.69. The third kappa shape index (κ3) is 15.4. The molecule has 164 valence electrons. The van der Waals surface area contributed by atoms with Crippen molar-refractivity contribution in [3.8, 4) is 0 Å². The standard InChI is InChI=1S/C21H33NO7/c1-21(2,3)29-19(23)9-11-25-13-15-27-16-14-26-12-10-22-20(24)28-17-18-7-5-4-6-8-18/h4-8H,9-17H2,1-3H3,(H,22,24). The Labute approximate surface area is 172 Å². The monoisotopic (exact) mass is 411 g/mol. The van der Waals surface area contributed by atoms with Gasteiger partial charge >= 0.3 is 12.1 Å². The van der Waals surface area contributed by atoms with Crippen LogP contribution in [0.15, 0.2) is 30.3 Å². The molecule has 0 aliphatic heterocycles. The van der Waals surface area contributed by atoms with E-state index >= 15 is 0 Å². The van der Waals surface area contributed by atoms with Crippen molar-refractivity contribution >= 4 is 12.1 Å². The highest BCUT2D eigenvalue weighted by molar-refractivity contribution is 5.69. The first-order valence-electron chi connectivity index (χ1n) is 9.76. The maximum absolute atomic E-state index is 11.5. The molecule has 0 aromatic heterocycles. The molecule has 0 aliphatic carbocycles. The molecule has 0 spiro atoms. The smallest absolute Gasteiger partial charge is 0.407 e. The molecule has 29 heavy (non-hydrogen) atoms. The first kappa shape index (κ1) is 24.9. The SMILES string of the molecule is CC(C)(C)OC(=O)CCOCCOCCOCCNC(=O)OCc1ccccc1. The Bertz CT molecular complexity index is 572. The van der Waals surface area contributed by atoms with Gasteiger partial charge in [0.15, 0.2) is 0 Å². The van der Waals surface area contributed by atoms with Crippen LogP contribution in [-0.4, -0.2) is 63.8 Å². The minimum absolute atomic E-state index is 0.223. The van der Waals surface area contributed by atoms with Gasteiger partial charge in [-0.1, -0.05) is 30.3 Å². The van der Waals surface area contributed by atoms with Gasteiger partial charge in [0.05, 0.1) is 46.1 Å². The second-order valence-corrected chi connectivity index (χ2v) is 7.16. The fourth-order valence-corrected chi connectivity index (χ4v) is 2.09. The largest absolute Gasteiger partial charge is 0.460 e. The molecule has 0 radical (unpaired) electrons. The summed E-state index contributed by atoms with van der Waals surface area (Å²) in [5.41, 5.74) is 0.461. The van der Waals surface area contributed by atoms with Crippen LogP contribution in [0.2, 0.25) is 0 Å². The highest BCUT2D eigenvalue weighted by Crippen LogP contribution is 2.08. The fourth-order valence-electron chi connectivity index (χ4n) is 2.09. The van der Waals surface area contributed by atoms with Crippen LogP contribution in [0.3, 0.4) is 0 Å². The van der Waals surface area contributed by atoms with Crippen LogP contribution in [0.1, 0.15) is 32.8 Å². The van der Waals surface area contributed by atoms with Gasteiger partial charge in [0.2, 0.25) is 0 Å². The lowest BCUT2D eigenvalue weighted by Crippen LogP contribution is -2.28. The number of benzene rings is 1. The van der Waals surface area contributed by atoms with Gasteiger partial charge in [-0.25, -0.2) is 4.79 Å². The number of alkyl carbamates (subject to hydrolysis) is 1. The van der Waals surface area contributed by atoms with Crippen LogP contribution in [0.4, 0.5) is 4.79 Å². The average molecular weight is 411 g/mol. The lowest BCUT2D eigenvalue weighted by atomic mass is 10.2. The fraction of sp³-hybridized carbons (Fsp3) is 0.619. The van der Waals surface area contributed by atoms with Crippen molar-refractivity contribution in [2.45, 2.75) is 39.4 Å². The quantitative estimate of drug-likeness (QED) is 0.372. The van der Waals surface area contributed by atoms with E-state index in [0.29, 0.717) is 46.2 Å². The first-order valence-corrected chi connectivity index (χ1v) is 9.76. The Kier molecular flexibility index (Phi) is 12.7. The molecule has 0 fully saturated rings. The van der Waals surface area contributed by atoms with Gasteiger partial charge in [-0.15, -0.1) is 0 Å². The van der Waals surface area contributed by atoms with Gasteiger partial charge in [0.1, 0.15) is 12.2 Å². The van der Waals surface area contributed by atoms with Crippen LogP contribution < -0.4 is 5.32 Å². The maximum Gasteiger partial charge on any atom is 0.407 e. The first-order chi connectivity index (χ1) is 13.9. The molecule has 8 nitrogen and oxygen atoms in total. The lowest BCUT2D eigenvalue weighted by Gasteiger charge is -2.19. The van der Waals surface area contributed by atoms with E-state index in [9.17, 15) is 9.59 Å². The van der Waals surface area contributed by atoms with Crippen molar-refractivity contribution in [1.82, 2.24) is 5.32 Å². The Hall–Kier alpha value is -2.16. The Balaban J connectivity index is 1.83. The number of carbonyl (C=O) groups excluding carboxylic acids is 2. The van der Waals surface area contributed by atoms with Gasteiger partial charge in [-0.2, -0.15) is 0 Å². The summed E-state index contributed by atoms with van der Waals surface area (Å²) in [6.07, 6.45) is -0.251. The summed E-state index contributed by atoms with van der Waals surface area (Å²) in [5, 5.41) is 2.62. The minimum Gasteiger partial charge on any atom is -0.460 e. The molecular weight excluding hydrogens is 378 g/mol. The Morgan fingerprint density at radius 1 is 0.862 bits per heavy atom. The van der Waals surface area contributed by atoms with Gasteiger partial charge in [0, 0.05) is 6.54 Å². The zero-order chi connectivity index (χ0) is 21.4. The lowest BCUT2D eigenvalue weighted by molar-refractivity contribution is -0.156. The van der Waals surface area contributed by atoms with Crippen molar-refractivity contribution < 1.29 is 33.3 Å². The van der Waals surface area contributed by atoms with Crippen LogP contribution >= 0.6 is 0 Å². The number of esters is 1. The Morgan fingerprint density at radius 2 is 1.45 bits per heavy atom. The van der Waals surface area contributed by atoms with E-state index < -0.39 is 11.7 Å². The van der Waals surface area contributed by atoms with E-state index in [1.54, 1.807) is 0 Å². The number of rotatable bonds is 14. The molecule has 1 amide bonds. The molecule has 0 aliphatic rings. The van der Waals surface area contributed by atoms with Crippen molar-refractivity contribution in [2.75, 3.05) is 46.2 Å². The zero-order valence-electron chi connectivity index (χ0n) is 17.6. The van der Waals surface area contributed by atoms with Crippen LogP contribution in [0.5, 0.6) is 0 Å². The minimum atomic E-state index is -0.475. The molecule has 0 heterocycles. The number of carbonyl (C=O) groups is 2. The van der Waals surface area contributed by atoms with Gasteiger partial charge in [-0.05, 0) is 26.3 Å². The van der Waals surface area contributed by atoms with E-state index in [2.05, 4.69) is 5.32 Å². The van der Waals surface area contributed by atoms with E-state index in [0.717, 1.165) is 5.56 Å². The molecule has 1 aromatic carbocycles. The summed E-state index contributed by atoms with van der Waals surface area (Å²) in [4.78, 5) is 23.0. The molecule has 1 rings (SSSR count). The average Bonchev–Trinajstić information content (AvgIpc) is 2.66. The molecule has 8 heteroatoms. The zero-order valence-corrected chi connectivity index (χ0v) is 17.6. The van der Waals surface area contributed by atoms with Crippen molar-refractivity contribution in [2.24, 2.45) is 0 Å². The summed E-state index contributed by atoms with van der Waals surface area (Å²) in [7, 11) is 0. The second kappa shape index (κ2) is 14.8. The van der Waals surface area contributed by atoms with Crippen LogP contribution in [-0.2, 0) is 35.1 Å². The van der Waals surface area contributed by atoms with Crippen molar-refractivity contribution in [1.29, 1.82) is 0 Å².